The first-order valence-electron chi connectivity index (χ1n) is 5.03. The second-order valence-electron chi connectivity index (χ2n) is 3.60. The summed E-state index contributed by atoms with van der Waals surface area (Å²) in [5.74, 6) is -0.185. The Labute approximate surface area is 123 Å². The van der Waals surface area contributed by atoms with E-state index in [4.69, 9.17) is 0 Å². The SMILES string of the molecule is C.C.FC(F)(F)C(F)(F)F.O=C1C=CC(=O)c2ccccc21. The summed E-state index contributed by atoms with van der Waals surface area (Å²) in [6, 6.07) is 6.84. The zero-order valence-corrected chi connectivity index (χ0v) is 9.55. The van der Waals surface area contributed by atoms with E-state index in [1.54, 1.807) is 24.3 Å². The largest absolute Gasteiger partial charge is 0.487 e. The molecule has 1 aromatic rings. The lowest BCUT2D eigenvalue weighted by Gasteiger charge is -2.08. The molecule has 0 saturated carbocycles. The fourth-order valence-electron chi connectivity index (χ4n) is 1.24. The molecule has 22 heavy (non-hydrogen) atoms. The molecule has 0 heterocycles. The minimum atomic E-state index is -6.06. The highest BCUT2D eigenvalue weighted by Crippen LogP contribution is 2.35. The number of benzene rings is 1. The Morgan fingerprint density at radius 3 is 1.14 bits per heavy atom. The molecule has 1 aliphatic rings. The maximum Gasteiger partial charge on any atom is 0.487 e. The van der Waals surface area contributed by atoms with Crippen molar-refractivity contribution in [3.63, 3.8) is 0 Å². The van der Waals surface area contributed by atoms with Crippen molar-refractivity contribution in [1.82, 2.24) is 0 Å². The predicted molar refractivity (Wildman–Crippen MR) is 69.8 cm³/mol. The minimum Gasteiger partial charge on any atom is -0.289 e. The number of ketones is 2. The second-order valence-corrected chi connectivity index (χ2v) is 3.60. The summed E-state index contributed by atoms with van der Waals surface area (Å²) in [6.45, 7) is 0. The van der Waals surface area contributed by atoms with E-state index < -0.39 is 12.4 Å². The van der Waals surface area contributed by atoms with E-state index in [1.165, 1.54) is 12.2 Å². The molecule has 0 fully saturated rings. The third kappa shape index (κ3) is 5.34. The molecule has 0 amide bonds. The molecule has 124 valence electrons. The monoisotopic (exact) mass is 328 g/mol. The maximum atomic E-state index is 11.2. The van der Waals surface area contributed by atoms with E-state index in [0.29, 0.717) is 11.1 Å². The number of hydrogen-bond donors (Lipinski definition) is 0. The summed E-state index contributed by atoms with van der Waals surface area (Å²) in [6.07, 6.45) is -9.50. The Kier molecular flexibility index (Phi) is 7.82. The van der Waals surface area contributed by atoms with Crippen LogP contribution >= 0.6 is 0 Å². The van der Waals surface area contributed by atoms with Crippen LogP contribution in [0.4, 0.5) is 26.3 Å². The average Bonchev–Trinajstić information content (AvgIpc) is 2.33. The number of allylic oxidation sites excluding steroid dienone is 2. The van der Waals surface area contributed by atoms with Crippen molar-refractivity contribution in [2.24, 2.45) is 0 Å². The molecule has 0 aliphatic heterocycles. The van der Waals surface area contributed by atoms with Gasteiger partial charge in [-0.2, -0.15) is 26.3 Å². The zero-order valence-electron chi connectivity index (χ0n) is 9.55. The van der Waals surface area contributed by atoms with Crippen molar-refractivity contribution < 1.29 is 35.9 Å². The van der Waals surface area contributed by atoms with Gasteiger partial charge in [-0.25, -0.2) is 0 Å². The van der Waals surface area contributed by atoms with Gasteiger partial charge >= 0.3 is 12.4 Å². The highest BCUT2D eigenvalue weighted by atomic mass is 19.5. The standard InChI is InChI=1S/C10H6O2.C2F6.2CH4/c11-9-5-6-10(12)8-4-2-1-3-7(8)9;3-1(4,5)2(6,7)8;;/h1-6H;;2*1H4. The second kappa shape index (κ2) is 7.77. The molecule has 0 radical (unpaired) electrons. The number of alkyl halides is 6. The Morgan fingerprint density at radius 1 is 0.636 bits per heavy atom. The van der Waals surface area contributed by atoms with Crippen LogP contribution in [-0.2, 0) is 0 Å². The van der Waals surface area contributed by atoms with Crippen LogP contribution in [0.3, 0.4) is 0 Å². The first-order chi connectivity index (χ1) is 9.04. The van der Waals surface area contributed by atoms with Gasteiger partial charge in [-0.1, -0.05) is 39.1 Å². The van der Waals surface area contributed by atoms with Crippen LogP contribution < -0.4 is 0 Å². The molecular formula is C14H14F6O2. The van der Waals surface area contributed by atoms with Crippen LogP contribution in [0.5, 0.6) is 0 Å². The molecule has 0 spiro atoms. The van der Waals surface area contributed by atoms with Crippen molar-refractivity contribution in [1.29, 1.82) is 0 Å². The molecule has 2 rings (SSSR count). The van der Waals surface area contributed by atoms with Crippen molar-refractivity contribution in [3.05, 3.63) is 47.5 Å². The smallest absolute Gasteiger partial charge is 0.289 e. The van der Waals surface area contributed by atoms with Gasteiger partial charge in [0.15, 0.2) is 11.6 Å². The molecule has 0 bridgehead atoms. The first kappa shape index (κ1) is 22.2. The molecule has 2 nitrogen and oxygen atoms in total. The van der Waals surface area contributed by atoms with E-state index in [9.17, 15) is 35.9 Å². The normalized spacial score (nSPS) is 13.2. The van der Waals surface area contributed by atoms with Gasteiger partial charge < -0.3 is 0 Å². The van der Waals surface area contributed by atoms with Gasteiger partial charge in [-0.05, 0) is 12.2 Å². The predicted octanol–water partition coefficient (Wildman–Crippen LogP) is 5.01. The van der Waals surface area contributed by atoms with Gasteiger partial charge in [-0.3, -0.25) is 9.59 Å². The fraction of sp³-hybridized carbons (Fsp3) is 0.286. The maximum absolute atomic E-state index is 11.2. The summed E-state index contributed by atoms with van der Waals surface area (Å²) < 4.78 is 62.6. The van der Waals surface area contributed by atoms with Crippen LogP contribution in [0.25, 0.3) is 0 Å². The van der Waals surface area contributed by atoms with Gasteiger partial charge in [0.25, 0.3) is 0 Å². The van der Waals surface area contributed by atoms with Crippen molar-refractivity contribution in [2.75, 3.05) is 0 Å². The zero-order chi connectivity index (χ0) is 15.6. The molecule has 0 N–H and O–H groups in total. The third-order valence-corrected chi connectivity index (χ3v) is 2.17. The van der Waals surface area contributed by atoms with E-state index >= 15 is 0 Å². The van der Waals surface area contributed by atoms with E-state index in [2.05, 4.69) is 0 Å². The van der Waals surface area contributed by atoms with Crippen molar-refractivity contribution in [2.45, 2.75) is 27.2 Å². The summed E-state index contributed by atoms with van der Waals surface area (Å²) in [5.41, 5.74) is 1.01. The minimum absolute atomic E-state index is 0. The molecule has 0 aromatic heterocycles. The average molecular weight is 328 g/mol. The highest BCUT2D eigenvalue weighted by Gasteiger charge is 2.58. The molecular weight excluding hydrogens is 314 g/mol. The van der Waals surface area contributed by atoms with Crippen LogP contribution in [0.1, 0.15) is 35.6 Å². The van der Waals surface area contributed by atoms with Crippen LogP contribution in [0, 0.1) is 0 Å². The van der Waals surface area contributed by atoms with E-state index in [-0.39, 0.29) is 26.4 Å². The van der Waals surface area contributed by atoms with Crippen molar-refractivity contribution >= 4 is 11.6 Å². The summed E-state index contributed by atoms with van der Waals surface area (Å²) in [5, 5.41) is 0. The summed E-state index contributed by atoms with van der Waals surface area (Å²) >= 11 is 0. The van der Waals surface area contributed by atoms with Gasteiger partial charge in [-0.15, -0.1) is 0 Å². The lowest BCUT2D eigenvalue weighted by molar-refractivity contribution is -0.339. The van der Waals surface area contributed by atoms with Gasteiger partial charge in [0, 0.05) is 11.1 Å². The number of hydrogen-bond acceptors (Lipinski definition) is 2. The summed E-state index contributed by atoms with van der Waals surface area (Å²) in [7, 11) is 0. The molecule has 8 heteroatoms. The topological polar surface area (TPSA) is 34.1 Å². The van der Waals surface area contributed by atoms with E-state index in [0.717, 1.165) is 0 Å². The van der Waals surface area contributed by atoms with E-state index in [1.807, 2.05) is 0 Å². The first-order valence-corrected chi connectivity index (χ1v) is 5.03. The number of rotatable bonds is 0. The number of carbonyl (C=O) groups is 2. The number of halogens is 6. The lowest BCUT2D eigenvalue weighted by Crippen LogP contribution is -2.30. The summed E-state index contributed by atoms with van der Waals surface area (Å²) in [4.78, 5) is 22.4. The van der Waals surface area contributed by atoms with Gasteiger partial charge in [0.05, 0.1) is 0 Å². The van der Waals surface area contributed by atoms with Crippen LogP contribution in [0.15, 0.2) is 36.4 Å². The quantitative estimate of drug-likeness (QED) is 0.628. The highest BCUT2D eigenvalue weighted by molar-refractivity contribution is 6.21. The molecule has 1 aromatic carbocycles. The van der Waals surface area contributed by atoms with Crippen LogP contribution in [-0.4, -0.2) is 23.9 Å². The third-order valence-electron chi connectivity index (χ3n) is 2.17. The Bertz CT molecular complexity index is 506. The molecule has 0 atom stereocenters. The Balaban J connectivity index is 0. The fourth-order valence-corrected chi connectivity index (χ4v) is 1.24. The Hall–Kier alpha value is -2.12. The Morgan fingerprint density at radius 2 is 0.909 bits per heavy atom. The number of carbonyl (C=O) groups excluding carboxylic acids is 2. The number of fused-ring (bicyclic) bond motifs is 1. The molecule has 0 saturated heterocycles. The van der Waals surface area contributed by atoms with Gasteiger partial charge in [0.2, 0.25) is 0 Å². The van der Waals surface area contributed by atoms with Gasteiger partial charge in [0.1, 0.15) is 0 Å². The van der Waals surface area contributed by atoms with Crippen molar-refractivity contribution in [3.8, 4) is 0 Å². The van der Waals surface area contributed by atoms with Crippen LogP contribution in [0.2, 0.25) is 0 Å². The molecule has 0 unspecified atom stereocenters. The molecule has 1 aliphatic carbocycles. The lowest BCUT2D eigenvalue weighted by atomic mass is 9.95.